The van der Waals surface area contributed by atoms with Crippen LogP contribution in [0.3, 0.4) is 0 Å². The number of anilines is 1. The fourth-order valence-corrected chi connectivity index (χ4v) is 4.94. The zero-order chi connectivity index (χ0) is 28.1. The molecule has 2 aliphatic rings. The normalized spacial score (nSPS) is 21.4. The average Bonchev–Trinajstić information content (AvgIpc) is 3.35. The molecule has 8 nitrogen and oxygen atoms in total. The molecular weight excluding hydrogens is 532 g/mol. The Bertz CT molecular complexity index is 1470. The number of carbonyl (C=O) groups excluding carboxylic acids is 2. The maximum atomic E-state index is 14.8. The van der Waals surface area contributed by atoms with Crippen molar-refractivity contribution >= 4 is 17.5 Å². The highest BCUT2D eigenvalue weighted by atomic mass is 19.4. The van der Waals surface area contributed by atoms with Gasteiger partial charge < -0.3 is 9.42 Å². The Hall–Kier alpha value is -4.41. The van der Waals surface area contributed by atoms with E-state index in [1.54, 1.807) is 6.07 Å². The van der Waals surface area contributed by atoms with Crippen LogP contribution < -0.4 is 4.90 Å². The summed E-state index contributed by atoms with van der Waals surface area (Å²) in [5.41, 5.74) is -2.40. The van der Waals surface area contributed by atoms with Gasteiger partial charge in [0.15, 0.2) is 0 Å². The first-order valence-corrected chi connectivity index (χ1v) is 11.5. The first-order valence-electron chi connectivity index (χ1n) is 11.5. The number of hydrogen-bond donors (Lipinski definition) is 0. The minimum Gasteiger partial charge on any atom is -0.339 e. The van der Waals surface area contributed by atoms with Gasteiger partial charge in [-0.05, 0) is 48.7 Å². The first-order chi connectivity index (χ1) is 18.4. The Balaban J connectivity index is 1.48. The summed E-state index contributed by atoms with van der Waals surface area (Å²) in [6.07, 6.45) is -7.81. The molecular formula is C25H17F6N5O3. The van der Waals surface area contributed by atoms with E-state index >= 15 is 0 Å². The molecule has 14 heteroatoms. The number of nitriles is 1. The summed E-state index contributed by atoms with van der Waals surface area (Å²) in [6.45, 7) is -0.796. The standard InChI is InChI=1S/C25H17F6N5O3/c26-17-7-14(10-32)3-6-18(17)35-12-19(37)36(11-13-1-4-16(5-2-13)25(29,30)31)24(23(35)38)8-15(9-24)22-33-21(20(27)28)34-39-22/h1-7,15,20H,8-9,11-12H2/t15-,24-. The molecule has 3 aromatic rings. The summed E-state index contributed by atoms with van der Waals surface area (Å²) >= 11 is 0. The Morgan fingerprint density at radius 3 is 2.38 bits per heavy atom. The fraction of sp³-hybridized carbons (Fsp3) is 0.320. The lowest BCUT2D eigenvalue weighted by molar-refractivity contribution is -0.160. The average molecular weight is 549 g/mol. The molecule has 0 radical (unpaired) electrons. The monoisotopic (exact) mass is 549 g/mol. The van der Waals surface area contributed by atoms with Crippen molar-refractivity contribution in [3.05, 3.63) is 76.7 Å². The summed E-state index contributed by atoms with van der Waals surface area (Å²) in [6, 6.07) is 9.24. The van der Waals surface area contributed by atoms with Crippen molar-refractivity contribution in [2.45, 2.75) is 43.4 Å². The molecule has 2 fully saturated rings. The zero-order valence-corrected chi connectivity index (χ0v) is 19.8. The van der Waals surface area contributed by atoms with Gasteiger partial charge in [0.1, 0.15) is 17.9 Å². The SMILES string of the molecule is N#Cc1ccc(N2CC(=O)N(Cc3ccc(C(F)(F)F)cc3)[C@]3(C[C@H](c4nc(C(F)F)no4)C3)C2=O)c(F)c1. The third-order valence-electron chi connectivity index (χ3n) is 6.91. The lowest BCUT2D eigenvalue weighted by Crippen LogP contribution is -2.72. The molecule has 0 bridgehead atoms. The number of amides is 2. The molecule has 2 amide bonds. The van der Waals surface area contributed by atoms with Crippen LogP contribution in [0.15, 0.2) is 47.0 Å². The second-order valence-electron chi connectivity index (χ2n) is 9.27. The number of benzene rings is 2. The summed E-state index contributed by atoms with van der Waals surface area (Å²) in [7, 11) is 0. The van der Waals surface area contributed by atoms with Gasteiger partial charge in [0.05, 0.1) is 22.9 Å². The van der Waals surface area contributed by atoms with E-state index in [2.05, 4.69) is 10.1 Å². The van der Waals surface area contributed by atoms with Crippen LogP contribution in [0.4, 0.5) is 32.0 Å². The molecule has 0 unspecified atom stereocenters. The Kier molecular flexibility index (Phi) is 6.32. The molecule has 0 N–H and O–H groups in total. The largest absolute Gasteiger partial charge is 0.416 e. The van der Waals surface area contributed by atoms with Crippen LogP contribution in [0.1, 0.15) is 53.6 Å². The number of piperazine rings is 1. The van der Waals surface area contributed by atoms with Crippen molar-refractivity contribution in [1.82, 2.24) is 15.0 Å². The van der Waals surface area contributed by atoms with E-state index < -0.39 is 59.6 Å². The molecule has 2 heterocycles. The van der Waals surface area contributed by atoms with Crippen molar-refractivity contribution in [2.24, 2.45) is 0 Å². The Morgan fingerprint density at radius 1 is 1.13 bits per heavy atom. The van der Waals surface area contributed by atoms with E-state index in [9.17, 15) is 35.9 Å². The molecule has 1 saturated heterocycles. The van der Waals surface area contributed by atoms with Crippen LogP contribution in [-0.4, -0.2) is 38.9 Å². The summed E-state index contributed by atoms with van der Waals surface area (Å²) < 4.78 is 84.6. The second kappa shape index (κ2) is 9.40. The predicted molar refractivity (Wildman–Crippen MR) is 119 cm³/mol. The topological polar surface area (TPSA) is 103 Å². The number of carbonyl (C=O) groups is 2. The minimum atomic E-state index is -4.56. The zero-order valence-electron chi connectivity index (χ0n) is 19.8. The quantitative estimate of drug-likeness (QED) is 0.427. The van der Waals surface area contributed by atoms with Gasteiger partial charge >= 0.3 is 12.6 Å². The van der Waals surface area contributed by atoms with Gasteiger partial charge in [-0.3, -0.25) is 14.5 Å². The van der Waals surface area contributed by atoms with E-state index in [-0.39, 0.29) is 36.5 Å². The van der Waals surface area contributed by atoms with E-state index in [4.69, 9.17) is 9.78 Å². The van der Waals surface area contributed by atoms with Gasteiger partial charge in [-0.15, -0.1) is 0 Å². The lowest BCUT2D eigenvalue weighted by atomic mass is 9.65. The third-order valence-corrected chi connectivity index (χ3v) is 6.91. The predicted octanol–water partition coefficient (Wildman–Crippen LogP) is 4.73. The van der Waals surface area contributed by atoms with Crippen LogP contribution in [0, 0.1) is 17.1 Å². The molecule has 1 aliphatic carbocycles. The van der Waals surface area contributed by atoms with Crippen molar-refractivity contribution < 1.29 is 40.5 Å². The third kappa shape index (κ3) is 4.58. The van der Waals surface area contributed by atoms with Crippen molar-refractivity contribution in [1.29, 1.82) is 5.26 Å². The van der Waals surface area contributed by atoms with E-state index in [1.807, 2.05) is 0 Å². The van der Waals surface area contributed by atoms with E-state index in [0.29, 0.717) is 5.56 Å². The number of hydrogen-bond acceptors (Lipinski definition) is 6. The van der Waals surface area contributed by atoms with Crippen molar-refractivity contribution in [3.8, 4) is 6.07 Å². The summed E-state index contributed by atoms with van der Waals surface area (Å²) in [5, 5.41) is 12.2. The van der Waals surface area contributed by atoms with Gasteiger partial charge in [-0.1, -0.05) is 17.3 Å². The molecule has 1 aliphatic heterocycles. The number of nitrogens with zero attached hydrogens (tertiary/aromatic N) is 5. The molecule has 39 heavy (non-hydrogen) atoms. The highest BCUT2D eigenvalue weighted by molar-refractivity contribution is 6.10. The maximum Gasteiger partial charge on any atom is 0.416 e. The Labute approximate surface area is 216 Å². The van der Waals surface area contributed by atoms with Crippen LogP contribution in [-0.2, 0) is 22.3 Å². The van der Waals surface area contributed by atoms with Crippen LogP contribution >= 0.6 is 0 Å². The summed E-state index contributed by atoms with van der Waals surface area (Å²) in [4.78, 5) is 33.0. The van der Waals surface area contributed by atoms with Gasteiger partial charge in [-0.2, -0.15) is 23.4 Å². The van der Waals surface area contributed by atoms with Gasteiger partial charge in [0, 0.05) is 12.5 Å². The fourth-order valence-electron chi connectivity index (χ4n) is 4.94. The van der Waals surface area contributed by atoms with Gasteiger partial charge in [0.25, 0.3) is 5.91 Å². The van der Waals surface area contributed by atoms with Crippen LogP contribution in [0.5, 0.6) is 0 Å². The van der Waals surface area contributed by atoms with Crippen molar-refractivity contribution in [2.75, 3.05) is 11.4 Å². The van der Waals surface area contributed by atoms with E-state index in [1.165, 1.54) is 29.2 Å². The number of rotatable bonds is 5. The molecule has 2 aromatic carbocycles. The van der Waals surface area contributed by atoms with Crippen LogP contribution in [0.25, 0.3) is 0 Å². The highest BCUT2D eigenvalue weighted by Gasteiger charge is 2.61. The minimum absolute atomic E-state index is 0.000569. The van der Waals surface area contributed by atoms with E-state index in [0.717, 1.165) is 23.1 Å². The smallest absolute Gasteiger partial charge is 0.339 e. The summed E-state index contributed by atoms with van der Waals surface area (Å²) in [5.74, 6) is -3.87. The molecule has 5 rings (SSSR count). The molecule has 1 aromatic heterocycles. The van der Waals surface area contributed by atoms with Crippen LogP contribution in [0.2, 0.25) is 0 Å². The maximum absolute atomic E-state index is 14.8. The molecule has 1 saturated carbocycles. The second-order valence-corrected chi connectivity index (χ2v) is 9.27. The van der Waals surface area contributed by atoms with Crippen molar-refractivity contribution in [3.63, 3.8) is 0 Å². The number of alkyl halides is 5. The van der Waals surface area contributed by atoms with Gasteiger partial charge in [-0.25, -0.2) is 13.2 Å². The van der Waals surface area contributed by atoms with Gasteiger partial charge in [0.2, 0.25) is 17.6 Å². The first kappa shape index (κ1) is 26.2. The molecule has 202 valence electrons. The number of aromatic nitrogens is 2. The highest BCUT2D eigenvalue weighted by Crippen LogP contribution is 2.51. The molecule has 1 spiro atoms. The molecule has 0 atom stereocenters. The Morgan fingerprint density at radius 2 is 1.82 bits per heavy atom. The number of halogens is 6. The lowest BCUT2D eigenvalue weighted by Gasteiger charge is -2.56.